The molecule has 0 unspecified atom stereocenters. The zero-order valence-corrected chi connectivity index (χ0v) is 14.2. The Morgan fingerprint density at radius 1 is 0.773 bits per heavy atom. The summed E-state index contributed by atoms with van der Waals surface area (Å²) in [6.45, 7) is 9.33. The van der Waals surface area contributed by atoms with Gasteiger partial charge in [-0.25, -0.2) is 0 Å². The highest BCUT2D eigenvalue weighted by Crippen LogP contribution is 2.18. The van der Waals surface area contributed by atoms with Gasteiger partial charge >= 0.3 is 0 Å². The van der Waals surface area contributed by atoms with Crippen molar-refractivity contribution in [3.05, 3.63) is 0 Å². The Balaban J connectivity index is 1.25. The van der Waals surface area contributed by atoms with Gasteiger partial charge in [0.25, 0.3) is 0 Å². The molecule has 3 aliphatic heterocycles. The summed E-state index contributed by atoms with van der Waals surface area (Å²) in [6.07, 6.45) is 11.2. The number of ether oxygens (including phenoxy) is 2. The average molecular weight is 310 g/mol. The molecule has 128 valence electrons. The highest BCUT2D eigenvalue weighted by atomic mass is 16.5. The Hall–Kier alpha value is -0.160. The van der Waals surface area contributed by atoms with Gasteiger partial charge in [0.15, 0.2) is 0 Å². The van der Waals surface area contributed by atoms with Crippen LogP contribution in [0.15, 0.2) is 0 Å². The van der Waals surface area contributed by atoms with Crippen molar-refractivity contribution in [2.24, 2.45) is 0 Å². The van der Waals surface area contributed by atoms with E-state index in [4.69, 9.17) is 9.47 Å². The summed E-state index contributed by atoms with van der Waals surface area (Å²) in [5.41, 5.74) is 0. The molecule has 0 amide bonds. The van der Waals surface area contributed by atoms with Crippen molar-refractivity contribution in [3.8, 4) is 0 Å². The minimum atomic E-state index is 0.367. The van der Waals surface area contributed by atoms with Gasteiger partial charge in [0.05, 0.1) is 18.8 Å². The number of piperidine rings is 2. The Bertz CT molecular complexity index is 263. The van der Waals surface area contributed by atoms with Gasteiger partial charge in [0, 0.05) is 32.8 Å². The summed E-state index contributed by atoms with van der Waals surface area (Å²) in [4.78, 5) is 5.28. The van der Waals surface area contributed by atoms with Crippen LogP contribution in [0.2, 0.25) is 0 Å². The van der Waals surface area contributed by atoms with Crippen LogP contribution >= 0.6 is 0 Å². The van der Waals surface area contributed by atoms with Crippen LogP contribution in [0.1, 0.15) is 51.4 Å². The summed E-state index contributed by atoms with van der Waals surface area (Å²) in [7, 11) is 0. The number of rotatable bonds is 6. The number of hydrogen-bond donors (Lipinski definition) is 0. The monoisotopic (exact) mass is 310 g/mol. The standard InChI is InChI=1S/C18H34N2O2/c1-3-9-19(10-4-1)13-14-20-11-7-17(8-12-20)22-16-18-6-2-5-15-21-18/h17-18H,1-16H2/t18-/m0/s1. The van der Waals surface area contributed by atoms with Crippen molar-refractivity contribution in [2.45, 2.75) is 63.6 Å². The lowest BCUT2D eigenvalue weighted by molar-refractivity contribution is -0.0751. The Morgan fingerprint density at radius 2 is 1.50 bits per heavy atom. The first-order chi connectivity index (χ1) is 10.9. The van der Waals surface area contributed by atoms with E-state index in [9.17, 15) is 0 Å². The van der Waals surface area contributed by atoms with E-state index >= 15 is 0 Å². The van der Waals surface area contributed by atoms with E-state index in [1.807, 2.05) is 0 Å². The summed E-state index contributed by atoms with van der Waals surface area (Å²) in [6, 6.07) is 0. The fourth-order valence-electron chi connectivity index (χ4n) is 3.95. The third-order valence-electron chi connectivity index (χ3n) is 5.51. The van der Waals surface area contributed by atoms with E-state index in [2.05, 4.69) is 9.80 Å². The molecule has 22 heavy (non-hydrogen) atoms. The maximum atomic E-state index is 6.10. The van der Waals surface area contributed by atoms with Gasteiger partial charge in [0.1, 0.15) is 0 Å². The maximum absolute atomic E-state index is 6.10. The second-order valence-corrected chi connectivity index (χ2v) is 7.27. The molecule has 3 rings (SSSR count). The van der Waals surface area contributed by atoms with Crippen LogP contribution in [0.5, 0.6) is 0 Å². The molecule has 3 saturated heterocycles. The largest absolute Gasteiger partial charge is 0.376 e. The highest BCUT2D eigenvalue weighted by molar-refractivity contribution is 4.75. The Kier molecular flexibility index (Phi) is 6.99. The first-order valence-corrected chi connectivity index (χ1v) is 9.58. The minimum Gasteiger partial charge on any atom is -0.376 e. The molecule has 3 fully saturated rings. The van der Waals surface area contributed by atoms with Crippen LogP contribution in [0, 0.1) is 0 Å². The van der Waals surface area contributed by atoms with Crippen LogP contribution < -0.4 is 0 Å². The molecule has 0 radical (unpaired) electrons. The molecule has 0 spiro atoms. The summed E-state index contributed by atoms with van der Waals surface area (Å²) in [5.74, 6) is 0. The normalized spacial score (nSPS) is 29.7. The molecule has 0 aliphatic carbocycles. The van der Waals surface area contributed by atoms with Crippen molar-refractivity contribution in [1.29, 1.82) is 0 Å². The van der Waals surface area contributed by atoms with E-state index in [-0.39, 0.29) is 0 Å². The van der Waals surface area contributed by atoms with E-state index in [0.717, 1.165) is 13.2 Å². The van der Waals surface area contributed by atoms with Gasteiger partial charge in [0.2, 0.25) is 0 Å². The molecule has 0 bridgehead atoms. The van der Waals surface area contributed by atoms with Crippen LogP contribution in [0.3, 0.4) is 0 Å². The van der Waals surface area contributed by atoms with Gasteiger partial charge in [-0.2, -0.15) is 0 Å². The molecule has 0 aromatic rings. The van der Waals surface area contributed by atoms with E-state index in [1.165, 1.54) is 90.6 Å². The molecule has 3 aliphatic rings. The van der Waals surface area contributed by atoms with Gasteiger partial charge < -0.3 is 19.3 Å². The van der Waals surface area contributed by atoms with Gasteiger partial charge in [-0.05, 0) is 58.0 Å². The van der Waals surface area contributed by atoms with Crippen LogP contribution in [0.4, 0.5) is 0 Å². The predicted octanol–water partition coefficient (Wildman–Crippen LogP) is 2.52. The zero-order valence-electron chi connectivity index (χ0n) is 14.2. The third-order valence-corrected chi connectivity index (χ3v) is 5.51. The molecular formula is C18H34N2O2. The van der Waals surface area contributed by atoms with Crippen molar-refractivity contribution in [3.63, 3.8) is 0 Å². The molecule has 0 N–H and O–H groups in total. The quantitative estimate of drug-likeness (QED) is 0.753. The van der Waals surface area contributed by atoms with Crippen LogP contribution in [-0.2, 0) is 9.47 Å². The SMILES string of the molecule is C1CCN(CCN2CCC(OC[C@@H]3CCCCO3)CC2)CC1. The maximum Gasteiger partial charge on any atom is 0.0808 e. The molecule has 0 aromatic carbocycles. The lowest BCUT2D eigenvalue weighted by Crippen LogP contribution is -2.43. The summed E-state index contributed by atoms with van der Waals surface area (Å²) < 4.78 is 11.9. The fourth-order valence-corrected chi connectivity index (χ4v) is 3.95. The highest BCUT2D eigenvalue weighted by Gasteiger charge is 2.22. The molecular weight excluding hydrogens is 276 g/mol. The topological polar surface area (TPSA) is 24.9 Å². The zero-order chi connectivity index (χ0) is 15.0. The van der Waals surface area contributed by atoms with Gasteiger partial charge in [-0.1, -0.05) is 6.42 Å². The van der Waals surface area contributed by atoms with Crippen LogP contribution in [0.25, 0.3) is 0 Å². The van der Waals surface area contributed by atoms with E-state index < -0.39 is 0 Å². The third kappa shape index (κ3) is 5.48. The first-order valence-electron chi connectivity index (χ1n) is 9.58. The summed E-state index contributed by atoms with van der Waals surface area (Å²) in [5, 5.41) is 0. The van der Waals surface area contributed by atoms with Gasteiger partial charge in [-0.15, -0.1) is 0 Å². The Morgan fingerprint density at radius 3 is 2.18 bits per heavy atom. The molecule has 4 nitrogen and oxygen atoms in total. The first kappa shape index (κ1) is 16.7. The average Bonchev–Trinajstić information content (AvgIpc) is 2.61. The second-order valence-electron chi connectivity index (χ2n) is 7.27. The van der Waals surface area contributed by atoms with E-state index in [1.54, 1.807) is 0 Å². The molecule has 3 heterocycles. The van der Waals surface area contributed by atoms with Gasteiger partial charge in [-0.3, -0.25) is 0 Å². The van der Waals surface area contributed by atoms with Crippen molar-refractivity contribution < 1.29 is 9.47 Å². The number of nitrogens with zero attached hydrogens (tertiary/aromatic N) is 2. The number of hydrogen-bond acceptors (Lipinski definition) is 4. The molecule has 0 aromatic heterocycles. The Labute approximate surface area is 136 Å². The molecule has 4 heteroatoms. The lowest BCUT2D eigenvalue weighted by atomic mass is 10.1. The second kappa shape index (κ2) is 9.21. The van der Waals surface area contributed by atoms with Crippen LogP contribution in [-0.4, -0.2) is 74.5 Å². The number of likely N-dealkylation sites (tertiary alicyclic amines) is 2. The molecule has 0 saturated carbocycles. The fraction of sp³-hybridized carbons (Fsp3) is 1.00. The lowest BCUT2D eigenvalue weighted by Gasteiger charge is -2.35. The van der Waals surface area contributed by atoms with Crippen molar-refractivity contribution in [1.82, 2.24) is 9.80 Å². The van der Waals surface area contributed by atoms with Crippen molar-refractivity contribution >= 4 is 0 Å². The van der Waals surface area contributed by atoms with Crippen molar-refractivity contribution in [2.75, 3.05) is 52.5 Å². The smallest absolute Gasteiger partial charge is 0.0808 e. The van der Waals surface area contributed by atoms with E-state index in [0.29, 0.717) is 12.2 Å². The minimum absolute atomic E-state index is 0.367. The summed E-state index contributed by atoms with van der Waals surface area (Å²) >= 11 is 0. The molecule has 1 atom stereocenters. The predicted molar refractivity (Wildman–Crippen MR) is 89.3 cm³/mol.